The number of halogens is 3. The quantitative estimate of drug-likeness (QED) is 0.249. The highest BCUT2D eigenvalue weighted by Crippen LogP contribution is 2.42. The fourth-order valence-electron chi connectivity index (χ4n) is 5.81. The van der Waals surface area contributed by atoms with Crippen molar-refractivity contribution < 1.29 is 21.6 Å². The van der Waals surface area contributed by atoms with Gasteiger partial charge in [-0.1, -0.05) is 18.2 Å². The molecule has 2 aromatic heterocycles. The summed E-state index contributed by atoms with van der Waals surface area (Å²) < 4.78 is 74.2. The van der Waals surface area contributed by atoms with Crippen molar-refractivity contribution in [1.82, 2.24) is 19.7 Å². The number of sulfonamides is 1. The van der Waals surface area contributed by atoms with Gasteiger partial charge in [0, 0.05) is 35.5 Å². The highest BCUT2D eigenvalue weighted by molar-refractivity contribution is 7.91. The van der Waals surface area contributed by atoms with E-state index in [9.17, 15) is 12.8 Å². The Morgan fingerprint density at radius 2 is 1.74 bits per heavy atom. The van der Waals surface area contributed by atoms with Crippen LogP contribution in [0.5, 0.6) is 0 Å². The molecule has 224 valence electrons. The summed E-state index contributed by atoms with van der Waals surface area (Å²) in [5.74, 6) is -3.01. The lowest BCUT2D eigenvalue weighted by molar-refractivity contribution is 0.216. The molecule has 12 heteroatoms. The van der Waals surface area contributed by atoms with Crippen LogP contribution in [0, 0.1) is 17.5 Å². The van der Waals surface area contributed by atoms with Gasteiger partial charge < -0.3 is 10.6 Å². The molecule has 2 heterocycles. The van der Waals surface area contributed by atoms with Crippen molar-refractivity contribution in [2.45, 2.75) is 63.3 Å². The highest BCUT2D eigenvalue weighted by Gasteiger charge is 2.30. The molecule has 1 aliphatic carbocycles. The predicted octanol–water partition coefficient (Wildman–Crippen LogP) is 6.21. The van der Waals surface area contributed by atoms with E-state index in [-0.39, 0.29) is 34.6 Å². The van der Waals surface area contributed by atoms with Crippen molar-refractivity contribution in [3.05, 3.63) is 71.2 Å². The van der Waals surface area contributed by atoms with Crippen LogP contribution in [-0.2, 0) is 15.8 Å². The lowest BCUT2D eigenvalue weighted by Crippen LogP contribution is -2.31. The second-order valence-electron chi connectivity index (χ2n) is 11.4. The Kier molecular flexibility index (Phi) is 8.21. The van der Waals surface area contributed by atoms with Crippen molar-refractivity contribution in [2.75, 3.05) is 24.6 Å². The zero-order valence-corrected chi connectivity index (χ0v) is 24.9. The number of nitrogens with zero attached hydrogens (tertiary/aromatic N) is 4. The molecule has 5 rings (SSSR count). The molecule has 0 saturated heterocycles. The molecule has 2 aromatic carbocycles. The molecule has 42 heavy (non-hydrogen) atoms. The van der Waals surface area contributed by atoms with E-state index in [4.69, 9.17) is 10.8 Å². The van der Waals surface area contributed by atoms with Crippen molar-refractivity contribution >= 4 is 32.4 Å². The molecule has 1 saturated carbocycles. The second-order valence-corrected chi connectivity index (χ2v) is 13.2. The average molecular weight is 601 g/mol. The Bertz CT molecular complexity index is 1730. The van der Waals surface area contributed by atoms with Crippen LogP contribution in [0.4, 0.5) is 24.7 Å². The van der Waals surface area contributed by atoms with E-state index in [1.54, 1.807) is 10.9 Å². The Balaban J connectivity index is 1.54. The number of nitrogen functional groups attached to an aromatic ring is 1. The average Bonchev–Trinajstić information content (AvgIpc) is 3.34. The van der Waals surface area contributed by atoms with Gasteiger partial charge in [0.15, 0.2) is 0 Å². The van der Waals surface area contributed by atoms with Gasteiger partial charge in [-0.2, -0.15) is 5.10 Å². The zero-order chi connectivity index (χ0) is 30.3. The summed E-state index contributed by atoms with van der Waals surface area (Å²) in [7, 11) is -0.0836. The molecule has 0 spiro atoms. The first-order valence-corrected chi connectivity index (χ1v) is 15.6. The number of hydrogen-bond donors (Lipinski definition) is 2. The second kappa shape index (κ2) is 11.6. The van der Waals surface area contributed by atoms with Crippen LogP contribution in [0.25, 0.3) is 22.2 Å². The summed E-state index contributed by atoms with van der Waals surface area (Å²) in [6.07, 6.45) is 5.73. The van der Waals surface area contributed by atoms with Gasteiger partial charge in [0.1, 0.15) is 29.0 Å². The maximum atomic E-state index is 15.6. The molecule has 3 N–H and O–H groups in total. The van der Waals surface area contributed by atoms with Gasteiger partial charge in [-0.25, -0.2) is 26.6 Å². The Labute approximate surface area is 243 Å². The number of hydrogen-bond acceptors (Lipinski definition) is 6. The first-order valence-electron chi connectivity index (χ1n) is 13.9. The molecular formula is C30H35F3N6O2S. The summed E-state index contributed by atoms with van der Waals surface area (Å²) in [4.78, 5) is 6.68. The molecule has 4 aromatic rings. The fraction of sp³-hybridized carbons (Fsp3) is 0.400. The lowest BCUT2D eigenvalue weighted by Gasteiger charge is -2.33. The van der Waals surface area contributed by atoms with Gasteiger partial charge in [-0.3, -0.25) is 9.40 Å². The summed E-state index contributed by atoms with van der Waals surface area (Å²) in [6.45, 7) is 3.90. The topological polar surface area (TPSA) is 106 Å². The maximum absolute atomic E-state index is 15.6. The first-order chi connectivity index (χ1) is 19.9. The van der Waals surface area contributed by atoms with Crippen molar-refractivity contribution in [3.8, 4) is 11.3 Å². The van der Waals surface area contributed by atoms with Crippen LogP contribution in [0.3, 0.4) is 0 Å². The lowest BCUT2D eigenvalue weighted by atomic mass is 9.81. The first kappa shape index (κ1) is 29.8. The SMILES string of the molecule is CC(C)n1nc(-c2cc(F)c(NS(=O)(=O)Cc3ccccc3F)cc2F)c2c(N)ncc([C@H]3CC[C@H](N(C)C)CC3)c21. The van der Waals surface area contributed by atoms with Crippen LogP contribution in [0.2, 0.25) is 0 Å². The number of aromatic nitrogens is 3. The van der Waals surface area contributed by atoms with E-state index in [0.717, 1.165) is 55.0 Å². The van der Waals surface area contributed by atoms with Crippen LogP contribution < -0.4 is 10.5 Å². The number of nitrogens with two attached hydrogens (primary N) is 1. The van der Waals surface area contributed by atoms with Gasteiger partial charge in [0.05, 0.1) is 22.3 Å². The number of nitrogens with one attached hydrogen (secondary N) is 1. The molecule has 1 fully saturated rings. The number of pyridine rings is 1. The summed E-state index contributed by atoms with van der Waals surface area (Å²) in [6, 6.07) is 7.41. The van der Waals surface area contributed by atoms with E-state index in [2.05, 4.69) is 24.0 Å². The molecule has 0 aliphatic heterocycles. The normalized spacial score (nSPS) is 17.8. The molecule has 0 bridgehead atoms. The van der Waals surface area contributed by atoms with Gasteiger partial charge >= 0.3 is 0 Å². The van der Waals surface area contributed by atoms with Gasteiger partial charge in [0.2, 0.25) is 10.0 Å². The number of fused-ring (bicyclic) bond motifs is 1. The van der Waals surface area contributed by atoms with E-state index in [1.807, 2.05) is 18.6 Å². The Hall–Kier alpha value is -3.64. The van der Waals surface area contributed by atoms with Crippen molar-refractivity contribution in [1.29, 1.82) is 0 Å². The van der Waals surface area contributed by atoms with Crippen LogP contribution in [-0.4, -0.2) is 48.2 Å². The van der Waals surface area contributed by atoms with Crippen LogP contribution in [0.15, 0.2) is 42.6 Å². The molecule has 0 radical (unpaired) electrons. The van der Waals surface area contributed by atoms with E-state index in [0.29, 0.717) is 11.4 Å². The predicted molar refractivity (Wildman–Crippen MR) is 159 cm³/mol. The number of rotatable bonds is 8. The molecule has 1 aliphatic rings. The molecule has 0 amide bonds. The third kappa shape index (κ3) is 5.82. The molecule has 0 atom stereocenters. The van der Waals surface area contributed by atoms with E-state index in [1.165, 1.54) is 18.2 Å². The standard InChI is InChI=1S/C30H35F3N6O2S/c1-17(2)39-29-22(18-9-11-20(12-10-18)38(3)4)15-35-30(34)27(29)28(36-39)21-13-25(33)26(14-24(21)32)37-42(40,41)16-19-7-5-6-8-23(19)31/h5-8,13-15,17-18,20,37H,9-12,16H2,1-4H3,(H2,34,35)/t18-,20-. The largest absolute Gasteiger partial charge is 0.383 e. The van der Waals surface area contributed by atoms with E-state index >= 15 is 8.78 Å². The van der Waals surface area contributed by atoms with Gasteiger partial charge in [0.25, 0.3) is 0 Å². The van der Waals surface area contributed by atoms with Crippen molar-refractivity contribution in [3.63, 3.8) is 0 Å². The summed E-state index contributed by atoms with van der Waals surface area (Å²) in [5, 5.41) is 5.12. The Morgan fingerprint density at radius 3 is 2.38 bits per heavy atom. The third-order valence-corrected chi connectivity index (χ3v) is 9.24. The molecule has 0 unspecified atom stereocenters. The minimum absolute atomic E-state index is 0.0952. The molecule has 8 nitrogen and oxygen atoms in total. The summed E-state index contributed by atoms with van der Waals surface area (Å²) >= 11 is 0. The zero-order valence-electron chi connectivity index (χ0n) is 24.0. The van der Waals surface area contributed by atoms with E-state index < -0.39 is 38.9 Å². The maximum Gasteiger partial charge on any atom is 0.237 e. The number of anilines is 2. The van der Waals surface area contributed by atoms with Gasteiger partial charge in [-0.15, -0.1) is 0 Å². The number of benzene rings is 2. The molecular weight excluding hydrogens is 565 g/mol. The minimum atomic E-state index is -4.25. The monoisotopic (exact) mass is 600 g/mol. The fourth-order valence-corrected chi connectivity index (χ4v) is 7.02. The summed E-state index contributed by atoms with van der Waals surface area (Å²) in [5.41, 5.74) is 7.34. The van der Waals surface area contributed by atoms with Crippen LogP contribution in [0.1, 0.15) is 62.6 Å². The minimum Gasteiger partial charge on any atom is -0.383 e. The van der Waals surface area contributed by atoms with Crippen LogP contribution >= 0.6 is 0 Å². The van der Waals surface area contributed by atoms with Gasteiger partial charge in [-0.05, 0) is 77.2 Å². The smallest absolute Gasteiger partial charge is 0.237 e. The van der Waals surface area contributed by atoms with Crippen molar-refractivity contribution in [2.24, 2.45) is 0 Å². The Morgan fingerprint density at radius 1 is 1.05 bits per heavy atom. The highest BCUT2D eigenvalue weighted by atomic mass is 32.2. The third-order valence-electron chi connectivity index (χ3n) is 8.02.